The van der Waals surface area contributed by atoms with Gasteiger partial charge in [0.2, 0.25) is 17.8 Å². The molecule has 0 atom stereocenters. The smallest absolute Gasteiger partial charge is 0.249 e. The van der Waals surface area contributed by atoms with E-state index in [9.17, 15) is 18.0 Å². The fourth-order valence-corrected chi connectivity index (χ4v) is 2.87. The van der Waals surface area contributed by atoms with Crippen LogP contribution >= 0.6 is 0 Å². The molecule has 0 aliphatic heterocycles. The Kier molecular flexibility index (Phi) is 5.09. The topological polar surface area (TPSA) is 147 Å². The summed E-state index contributed by atoms with van der Waals surface area (Å²) >= 11 is 0. The zero-order valence-corrected chi connectivity index (χ0v) is 12.8. The van der Waals surface area contributed by atoms with Gasteiger partial charge in [-0.2, -0.15) is 0 Å². The van der Waals surface area contributed by atoms with Crippen LogP contribution in [0, 0.1) is 0 Å². The van der Waals surface area contributed by atoms with E-state index in [0.717, 1.165) is 5.56 Å². The minimum absolute atomic E-state index is 0.118. The molecule has 0 aliphatic carbocycles. The molecule has 2 aromatic rings. The number of H-pyrrole nitrogens is 1. The third-order valence-corrected chi connectivity index (χ3v) is 4.19. The molecular formula is C13H15N5O4S. The highest BCUT2D eigenvalue weighted by atomic mass is 32.2. The molecule has 2 rings (SSSR count). The summed E-state index contributed by atoms with van der Waals surface area (Å²) in [5.41, 5.74) is 3.24. The van der Waals surface area contributed by atoms with Crippen molar-refractivity contribution in [2.45, 2.75) is 0 Å². The first-order chi connectivity index (χ1) is 10.9. The second-order valence-corrected chi connectivity index (χ2v) is 6.72. The molecule has 0 aliphatic rings. The van der Waals surface area contributed by atoms with E-state index in [-0.39, 0.29) is 5.95 Å². The van der Waals surface area contributed by atoms with Crippen molar-refractivity contribution in [3.05, 3.63) is 36.5 Å². The third kappa shape index (κ3) is 4.90. The molecule has 9 nitrogen and oxygen atoms in total. The molecule has 0 bridgehead atoms. The number of aromatic nitrogens is 2. The van der Waals surface area contributed by atoms with Crippen molar-refractivity contribution in [3.63, 3.8) is 0 Å². The van der Waals surface area contributed by atoms with Gasteiger partial charge in [0.05, 0.1) is 11.9 Å². The van der Waals surface area contributed by atoms with Gasteiger partial charge >= 0.3 is 0 Å². The van der Waals surface area contributed by atoms with Crippen LogP contribution in [0.1, 0.15) is 0 Å². The molecular weight excluding hydrogens is 322 g/mol. The van der Waals surface area contributed by atoms with E-state index < -0.39 is 33.2 Å². The number of carbonyl (C=O) groups is 2. The number of nitrogens with one attached hydrogen (secondary N) is 3. The van der Waals surface area contributed by atoms with E-state index in [1.165, 1.54) is 6.20 Å². The number of rotatable bonds is 6. The molecule has 1 aromatic heterocycles. The Morgan fingerprint density at radius 2 is 1.78 bits per heavy atom. The van der Waals surface area contributed by atoms with E-state index in [0.29, 0.717) is 5.69 Å². The lowest BCUT2D eigenvalue weighted by atomic mass is 10.2. The minimum Gasteiger partial charge on any atom is -0.324 e. The molecule has 23 heavy (non-hydrogen) atoms. The van der Waals surface area contributed by atoms with Crippen LogP contribution in [0.2, 0.25) is 0 Å². The summed E-state index contributed by atoms with van der Waals surface area (Å²) in [6, 6.07) is 9.28. The van der Waals surface area contributed by atoms with Crippen LogP contribution < -0.4 is 16.6 Å². The normalized spacial score (nSPS) is 11.0. The molecule has 5 N–H and O–H groups in total. The Bertz CT molecular complexity index is 801. The molecule has 1 heterocycles. The summed E-state index contributed by atoms with van der Waals surface area (Å²) in [5, 5.41) is 2.33. The summed E-state index contributed by atoms with van der Waals surface area (Å²) in [5.74, 6) is 1.54. The minimum atomic E-state index is -3.90. The van der Waals surface area contributed by atoms with Gasteiger partial charge in [-0.05, 0) is 5.56 Å². The van der Waals surface area contributed by atoms with E-state index in [1.54, 1.807) is 5.43 Å². The van der Waals surface area contributed by atoms with Crippen molar-refractivity contribution in [1.82, 2.24) is 15.4 Å². The lowest BCUT2D eigenvalue weighted by molar-refractivity contribution is -0.118. The predicted octanol–water partition coefficient (Wildman–Crippen LogP) is -0.580. The Labute approximate surface area is 132 Å². The summed E-state index contributed by atoms with van der Waals surface area (Å²) < 4.78 is 23.2. The number of sulfone groups is 1. The largest absolute Gasteiger partial charge is 0.324 e. The number of nitrogens with two attached hydrogens (primary N) is 1. The van der Waals surface area contributed by atoms with Gasteiger partial charge in [-0.15, -0.1) is 0 Å². The van der Waals surface area contributed by atoms with Crippen LogP contribution in [-0.4, -0.2) is 41.7 Å². The van der Waals surface area contributed by atoms with Crippen molar-refractivity contribution < 1.29 is 18.0 Å². The maximum absolute atomic E-state index is 11.7. The summed E-state index contributed by atoms with van der Waals surface area (Å²) in [6.45, 7) is 0. The van der Waals surface area contributed by atoms with Crippen LogP contribution in [0.3, 0.4) is 0 Å². The average Bonchev–Trinajstić information content (AvgIpc) is 2.95. The number of hydrogen-bond acceptors (Lipinski definition) is 6. The Morgan fingerprint density at radius 3 is 2.43 bits per heavy atom. The summed E-state index contributed by atoms with van der Waals surface area (Å²) in [6.07, 6.45) is 1.52. The monoisotopic (exact) mass is 337 g/mol. The second kappa shape index (κ2) is 7.03. The third-order valence-electron chi connectivity index (χ3n) is 2.78. The average molecular weight is 337 g/mol. The molecule has 122 valence electrons. The molecule has 0 spiro atoms. The van der Waals surface area contributed by atoms with Gasteiger partial charge in [0, 0.05) is 0 Å². The van der Waals surface area contributed by atoms with E-state index in [2.05, 4.69) is 15.3 Å². The lowest BCUT2D eigenvalue weighted by Gasteiger charge is -2.03. The van der Waals surface area contributed by atoms with Crippen LogP contribution in [0.25, 0.3) is 11.3 Å². The second-order valence-electron chi connectivity index (χ2n) is 4.66. The Hall–Kier alpha value is -2.72. The van der Waals surface area contributed by atoms with Crippen molar-refractivity contribution in [3.8, 4) is 11.3 Å². The van der Waals surface area contributed by atoms with Gasteiger partial charge in [-0.3, -0.25) is 20.3 Å². The summed E-state index contributed by atoms with van der Waals surface area (Å²) in [4.78, 5) is 29.5. The van der Waals surface area contributed by atoms with Gasteiger partial charge in [0.1, 0.15) is 11.5 Å². The molecule has 10 heteroatoms. The number of carbonyl (C=O) groups excluding carboxylic acids is 2. The van der Waals surface area contributed by atoms with Crippen LogP contribution in [-0.2, 0) is 19.4 Å². The maximum Gasteiger partial charge on any atom is 0.249 e. The number of aromatic amines is 1. The summed E-state index contributed by atoms with van der Waals surface area (Å²) in [7, 11) is -3.90. The number of hydrogen-bond donors (Lipinski definition) is 4. The predicted molar refractivity (Wildman–Crippen MR) is 83.6 cm³/mol. The van der Waals surface area contributed by atoms with Gasteiger partial charge in [-0.1, -0.05) is 30.3 Å². The van der Waals surface area contributed by atoms with Crippen molar-refractivity contribution in [1.29, 1.82) is 0 Å². The molecule has 2 amide bonds. The van der Waals surface area contributed by atoms with Crippen LogP contribution in [0.5, 0.6) is 0 Å². The van der Waals surface area contributed by atoms with Crippen molar-refractivity contribution in [2.24, 2.45) is 5.84 Å². The van der Waals surface area contributed by atoms with E-state index in [1.807, 2.05) is 30.3 Å². The highest BCUT2D eigenvalue weighted by Gasteiger charge is 2.21. The molecule has 0 unspecified atom stereocenters. The quantitative estimate of drug-likeness (QED) is 0.315. The first kappa shape index (κ1) is 16.6. The van der Waals surface area contributed by atoms with Gasteiger partial charge in [-0.25, -0.2) is 19.2 Å². The first-order valence-electron chi connectivity index (χ1n) is 6.50. The Morgan fingerprint density at radius 1 is 1.13 bits per heavy atom. The zero-order chi connectivity index (χ0) is 16.9. The van der Waals surface area contributed by atoms with E-state index in [4.69, 9.17) is 5.84 Å². The lowest BCUT2D eigenvalue weighted by Crippen LogP contribution is -2.37. The number of amides is 2. The molecule has 0 radical (unpaired) electrons. The van der Waals surface area contributed by atoms with Gasteiger partial charge in [0.25, 0.3) is 0 Å². The van der Waals surface area contributed by atoms with Crippen molar-refractivity contribution in [2.75, 3.05) is 16.8 Å². The molecule has 0 saturated carbocycles. The maximum atomic E-state index is 11.7. The van der Waals surface area contributed by atoms with Crippen LogP contribution in [0.4, 0.5) is 5.95 Å². The molecule has 0 fully saturated rings. The number of imidazole rings is 1. The number of benzene rings is 1. The van der Waals surface area contributed by atoms with E-state index >= 15 is 0 Å². The first-order valence-corrected chi connectivity index (χ1v) is 8.32. The fraction of sp³-hybridized carbons (Fsp3) is 0.154. The highest BCUT2D eigenvalue weighted by Crippen LogP contribution is 2.17. The standard InChI is InChI=1S/C13H15N5O4S/c14-18-12(20)8-23(21,22)7-11(19)17-13-15-6-10(16-13)9-4-2-1-3-5-9/h1-6H,7-8,14H2,(H,18,20)(H2,15,16,17,19). The number of hydrazine groups is 1. The SMILES string of the molecule is NNC(=O)CS(=O)(=O)CC(=O)Nc1ncc(-c2ccccc2)[nH]1. The van der Waals surface area contributed by atoms with Crippen LogP contribution in [0.15, 0.2) is 36.5 Å². The number of nitrogens with zero attached hydrogens (tertiary/aromatic N) is 1. The highest BCUT2D eigenvalue weighted by molar-refractivity contribution is 7.92. The molecule has 1 aromatic carbocycles. The Balaban J connectivity index is 1.99. The molecule has 0 saturated heterocycles. The van der Waals surface area contributed by atoms with Crippen molar-refractivity contribution >= 4 is 27.6 Å². The number of anilines is 1. The van der Waals surface area contributed by atoms with Gasteiger partial charge < -0.3 is 4.98 Å². The fourth-order valence-electron chi connectivity index (χ4n) is 1.81. The zero-order valence-electron chi connectivity index (χ0n) is 11.9. The van der Waals surface area contributed by atoms with Gasteiger partial charge in [0.15, 0.2) is 9.84 Å².